The molecule has 30 heteroatoms. The third-order valence-corrected chi connectivity index (χ3v) is 10.6. The first-order valence-electron chi connectivity index (χ1n) is 15.9. The monoisotopic (exact) mass is 873 g/mol. The molecular weight excluding hydrogens is 827 g/mol. The number of rotatable bonds is 22. The summed E-state index contributed by atoms with van der Waals surface area (Å²) in [6, 6.07) is 0. The molecule has 0 radical (unpaired) electrons. The van der Waals surface area contributed by atoms with E-state index in [4.69, 9.17) is 33.9 Å². The Kier molecular flexibility index (Phi) is 19.6. The van der Waals surface area contributed by atoms with Crippen LogP contribution in [-0.2, 0) is 50.1 Å². The fraction of sp³-hybridized carbons (Fsp3) is 0.720. The van der Waals surface area contributed by atoms with Crippen LogP contribution in [0, 0.1) is 5.41 Å². The van der Waals surface area contributed by atoms with Gasteiger partial charge in [0.05, 0.1) is 32.8 Å². The summed E-state index contributed by atoms with van der Waals surface area (Å²) in [6.45, 7) is 2.50. The number of fused-ring (bicyclic) bond motifs is 1. The van der Waals surface area contributed by atoms with E-state index in [0.29, 0.717) is 5.75 Å². The normalized spacial score (nSPS) is 21.6. The molecule has 1 aliphatic heterocycles. The van der Waals surface area contributed by atoms with Crippen LogP contribution in [0.4, 0.5) is 5.82 Å². The Hall–Kier alpha value is -2.23. The van der Waals surface area contributed by atoms with Gasteiger partial charge in [-0.1, -0.05) is 13.8 Å². The molecule has 55 heavy (non-hydrogen) atoms. The zero-order valence-corrected chi connectivity index (χ0v) is 33.1. The minimum atomic E-state index is -5.56. The molecule has 1 aliphatic rings. The average Bonchev–Trinajstić information content (AvgIpc) is 3.64. The van der Waals surface area contributed by atoms with Crippen LogP contribution in [0.15, 0.2) is 12.7 Å². The first-order chi connectivity index (χ1) is 25.6. The van der Waals surface area contributed by atoms with Crippen molar-refractivity contribution in [3.8, 4) is 0 Å². The number of hydrogen-bond acceptors (Lipinski definition) is 20. The molecule has 1 saturated heterocycles. The maximum atomic E-state index is 12.6. The molecular formula is C25H46N7O19P3S. The Morgan fingerprint density at radius 1 is 1.07 bits per heavy atom. The highest BCUT2D eigenvalue weighted by molar-refractivity contribution is 7.94. The van der Waals surface area contributed by atoms with Crippen molar-refractivity contribution in [1.29, 1.82) is 0 Å². The van der Waals surface area contributed by atoms with Gasteiger partial charge in [-0.05, 0) is 19.0 Å². The van der Waals surface area contributed by atoms with E-state index in [2.05, 4.69) is 34.4 Å². The molecule has 316 valence electrons. The van der Waals surface area contributed by atoms with E-state index in [9.17, 15) is 53.1 Å². The molecule has 2 aromatic rings. The summed E-state index contributed by atoms with van der Waals surface area (Å²) in [6.07, 6.45) is -6.86. The molecule has 2 aromatic heterocycles. The fourth-order valence-electron chi connectivity index (χ4n) is 4.33. The number of carbonyl (C=O) groups excluding carboxylic acids is 2. The average molecular weight is 874 g/mol. The number of phosphoric ester groups is 3. The molecule has 3 unspecified atom stereocenters. The van der Waals surface area contributed by atoms with E-state index in [1.807, 2.05) is 0 Å². The quantitative estimate of drug-likeness (QED) is 0.0348. The van der Waals surface area contributed by atoms with E-state index in [-0.39, 0.29) is 56.3 Å². The van der Waals surface area contributed by atoms with E-state index in [1.54, 1.807) is 6.92 Å². The van der Waals surface area contributed by atoms with Gasteiger partial charge in [-0.2, -0.15) is 4.31 Å². The van der Waals surface area contributed by atoms with E-state index in [1.165, 1.54) is 13.8 Å². The van der Waals surface area contributed by atoms with Crippen molar-refractivity contribution >= 4 is 64.3 Å². The Labute approximate surface area is 317 Å². The Bertz CT molecular complexity index is 1690. The minimum absolute atomic E-state index is 0.0314. The van der Waals surface area contributed by atoms with Crippen molar-refractivity contribution in [3.05, 3.63) is 12.7 Å². The molecule has 2 amide bonds. The lowest BCUT2D eigenvalue weighted by molar-refractivity contribution is -0.137. The van der Waals surface area contributed by atoms with E-state index < -0.39 is 84.6 Å². The van der Waals surface area contributed by atoms with Gasteiger partial charge in [0.2, 0.25) is 11.8 Å². The summed E-state index contributed by atoms with van der Waals surface area (Å²) in [4.78, 5) is 75.1. The highest BCUT2D eigenvalue weighted by Gasteiger charge is 2.50. The number of nitrogen functional groups attached to an aromatic ring is 1. The highest BCUT2D eigenvalue weighted by atomic mass is 32.2. The second-order valence-electron chi connectivity index (χ2n) is 11.8. The number of phosphoric acid groups is 3. The van der Waals surface area contributed by atoms with E-state index in [0.717, 1.165) is 29.3 Å². The summed E-state index contributed by atoms with van der Waals surface area (Å²) < 4.78 is 66.9. The Morgan fingerprint density at radius 3 is 2.36 bits per heavy atom. The minimum Gasteiger partial charge on any atom is -0.397 e. The standard InChI is InChI=1S/C23H40N7O18P3S.C2H6O/c1-23(2,18(34)21(35)26-4-3-14(32)25-5-8-52-45-7-6-31)10-44-51(41,42)48-50(39,40)43-9-13-17(47-49(36,37)38)16(33)22(46-13)30-12-29-15-19(24)27-11-28-20(15)30;1-2-3/h11-13,16-18,22,31,33-34H,3-10H2,1-2H3,(H,25,32)(H,26,35)(H,39,40)(H,41,42)(H2,24,27,28)(H2,36,37,38);3H,2H2,1H3/t13-,16-,17-,18?,22-;/m0./s1. The van der Waals surface area contributed by atoms with Gasteiger partial charge in [-0.25, -0.2) is 28.6 Å². The maximum absolute atomic E-state index is 12.6. The molecule has 0 aliphatic carbocycles. The molecule has 0 aromatic carbocycles. The summed E-state index contributed by atoms with van der Waals surface area (Å²) in [5, 5.41) is 42.4. The first-order valence-corrected chi connectivity index (χ1v) is 21.4. The van der Waals surface area contributed by atoms with Crippen LogP contribution in [0.25, 0.3) is 11.2 Å². The summed E-state index contributed by atoms with van der Waals surface area (Å²) >= 11 is 1.05. The number of aromatic nitrogens is 4. The van der Waals surface area contributed by atoms with Gasteiger partial charge < -0.3 is 65.3 Å². The molecule has 0 saturated carbocycles. The number of nitrogens with two attached hydrogens (primary N) is 1. The zero-order valence-electron chi connectivity index (χ0n) is 29.6. The fourth-order valence-corrected chi connectivity index (χ4v) is 7.65. The van der Waals surface area contributed by atoms with Crippen molar-refractivity contribution in [1.82, 2.24) is 30.2 Å². The van der Waals surface area contributed by atoms with Gasteiger partial charge in [-0.3, -0.25) is 27.7 Å². The van der Waals surface area contributed by atoms with Crippen LogP contribution in [-0.4, -0.2) is 148 Å². The number of nitrogens with zero attached hydrogens (tertiary/aromatic N) is 4. The van der Waals surface area contributed by atoms with Crippen LogP contribution in [0.5, 0.6) is 0 Å². The van der Waals surface area contributed by atoms with Crippen molar-refractivity contribution in [2.24, 2.45) is 5.41 Å². The van der Waals surface area contributed by atoms with Gasteiger partial charge in [0, 0.05) is 37.3 Å². The van der Waals surface area contributed by atoms with Crippen LogP contribution in [0.2, 0.25) is 0 Å². The highest BCUT2D eigenvalue weighted by Crippen LogP contribution is 2.61. The van der Waals surface area contributed by atoms with Gasteiger partial charge >= 0.3 is 23.5 Å². The Morgan fingerprint density at radius 2 is 1.73 bits per heavy atom. The maximum Gasteiger partial charge on any atom is 0.481 e. The largest absolute Gasteiger partial charge is 0.481 e. The SMILES string of the molecule is CC(C)(COP(=O)(O)OP(=O)(O)OC[C@@H]1O[C@H](n2cnc3c(N)ncnc32)[C@@H](O)[C@H]1OP(=O)(O)O)C(O)C(=O)NCCC(=O)NCCSOCCO.CCO. The number of imidazole rings is 1. The topological polar surface area (TPSA) is 396 Å². The van der Waals surface area contributed by atoms with Gasteiger partial charge in [0.15, 0.2) is 17.7 Å². The number of amides is 2. The van der Waals surface area contributed by atoms with Crippen LogP contribution >= 0.6 is 35.5 Å². The molecule has 0 bridgehead atoms. The lowest BCUT2D eigenvalue weighted by Gasteiger charge is -2.30. The number of anilines is 1. The smallest absolute Gasteiger partial charge is 0.397 e. The number of carbonyl (C=O) groups is 2. The number of aliphatic hydroxyl groups excluding tert-OH is 4. The predicted octanol–water partition coefficient (Wildman–Crippen LogP) is -1.94. The van der Waals surface area contributed by atoms with Gasteiger partial charge in [-0.15, -0.1) is 0 Å². The Balaban J connectivity index is 0.00000337. The first kappa shape index (κ1) is 48.9. The molecule has 7 atom stereocenters. The number of nitrogens with one attached hydrogen (secondary N) is 2. The second kappa shape index (κ2) is 22.1. The van der Waals surface area contributed by atoms with Crippen molar-refractivity contribution in [2.75, 3.05) is 57.6 Å². The summed E-state index contributed by atoms with van der Waals surface area (Å²) in [5.41, 5.74) is 4.27. The lowest BCUT2D eigenvalue weighted by atomic mass is 9.87. The van der Waals surface area contributed by atoms with Crippen LogP contribution in [0.3, 0.4) is 0 Å². The van der Waals surface area contributed by atoms with E-state index >= 15 is 0 Å². The third-order valence-electron chi connectivity index (χ3n) is 6.84. The number of hydrogen-bond donors (Lipinski definition) is 11. The summed E-state index contributed by atoms with van der Waals surface area (Å²) in [7, 11) is -16.4. The molecule has 0 spiro atoms. The van der Waals surface area contributed by atoms with Gasteiger partial charge in [0.1, 0.15) is 36.3 Å². The van der Waals surface area contributed by atoms with Gasteiger partial charge in [0.25, 0.3) is 0 Å². The molecule has 3 heterocycles. The second-order valence-corrected chi connectivity index (χ2v) is 16.9. The molecule has 12 N–H and O–H groups in total. The van der Waals surface area contributed by atoms with Crippen molar-refractivity contribution in [2.45, 2.75) is 57.8 Å². The molecule has 26 nitrogen and oxygen atoms in total. The van der Waals surface area contributed by atoms with Crippen molar-refractivity contribution < 1.29 is 90.1 Å². The summed E-state index contributed by atoms with van der Waals surface area (Å²) in [5.74, 6) is -1.02. The van der Waals surface area contributed by atoms with Crippen molar-refractivity contribution in [3.63, 3.8) is 0 Å². The van der Waals surface area contributed by atoms with Crippen LogP contribution in [0.1, 0.15) is 33.4 Å². The predicted molar refractivity (Wildman–Crippen MR) is 188 cm³/mol. The zero-order chi connectivity index (χ0) is 41.6. The number of ether oxygens (including phenoxy) is 1. The lowest BCUT2D eigenvalue weighted by Crippen LogP contribution is -2.46. The third kappa shape index (κ3) is 16.3. The molecule has 1 fully saturated rings. The molecule has 3 rings (SSSR count). The van der Waals surface area contributed by atoms with Crippen LogP contribution < -0.4 is 16.4 Å². The number of aliphatic hydroxyl groups is 4.